The van der Waals surface area contributed by atoms with Crippen LogP contribution in [0.1, 0.15) is 10.4 Å². The third-order valence-corrected chi connectivity index (χ3v) is 2.13. The number of carbonyl (C=O) groups is 1. The van der Waals surface area contributed by atoms with Crippen LogP contribution in [0.4, 0.5) is 10.2 Å². The molecule has 0 bridgehead atoms. The van der Waals surface area contributed by atoms with Crippen molar-refractivity contribution < 1.29 is 9.18 Å². The van der Waals surface area contributed by atoms with E-state index in [2.05, 4.69) is 20.3 Å². The minimum absolute atomic E-state index is 0.0604. The molecule has 2 aromatic heterocycles. The molecule has 0 spiro atoms. The first-order chi connectivity index (χ1) is 8.16. The van der Waals surface area contributed by atoms with Crippen molar-refractivity contribution in [1.82, 2.24) is 15.0 Å². The molecule has 86 valence electrons. The first kappa shape index (κ1) is 11.4. The summed E-state index contributed by atoms with van der Waals surface area (Å²) in [6.45, 7) is 0. The number of anilines is 1. The minimum atomic E-state index is -0.595. The predicted octanol–water partition coefficient (Wildman–Crippen LogP) is 1.92. The Morgan fingerprint density at radius 2 is 2.06 bits per heavy atom. The molecular formula is C10H6ClFN4O. The number of nitrogens with one attached hydrogen (secondary N) is 1. The molecule has 0 aliphatic heterocycles. The predicted molar refractivity (Wildman–Crippen MR) is 59.2 cm³/mol. The maximum absolute atomic E-state index is 12.8. The van der Waals surface area contributed by atoms with Crippen LogP contribution < -0.4 is 5.32 Å². The molecule has 5 nitrogen and oxygen atoms in total. The highest BCUT2D eigenvalue weighted by Crippen LogP contribution is 2.15. The van der Waals surface area contributed by atoms with Crippen LogP contribution in [0.15, 0.2) is 30.9 Å². The summed E-state index contributed by atoms with van der Waals surface area (Å²) >= 11 is 5.71. The Kier molecular flexibility index (Phi) is 3.24. The molecule has 0 atom stereocenters. The molecule has 17 heavy (non-hydrogen) atoms. The summed E-state index contributed by atoms with van der Waals surface area (Å²) in [5, 5.41) is 2.46. The molecular weight excluding hydrogens is 247 g/mol. The van der Waals surface area contributed by atoms with Crippen molar-refractivity contribution in [3.05, 3.63) is 47.4 Å². The second-order valence-electron chi connectivity index (χ2n) is 3.04. The standard InChI is InChI=1S/C10H6ClFN4O/c11-8-9(15-2-1-14-8)16-10(17)6-3-7(12)5-13-4-6/h1-5H,(H,15,16,17). The van der Waals surface area contributed by atoms with E-state index in [1.165, 1.54) is 18.6 Å². The van der Waals surface area contributed by atoms with Gasteiger partial charge < -0.3 is 5.32 Å². The van der Waals surface area contributed by atoms with Gasteiger partial charge in [-0.15, -0.1) is 0 Å². The highest BCUT2D eigenvalue weighted by Gasteiger charge is 2.10. The summed E-state index contributed by atoms with van der Waals surface area (Å²) in [4.78, 5) is 22.8. The molecule has 0 aliphatic rings. The summed E-state index contributed by atoms with van der Waals surface area (Å²) < 4.78 is 12.8. The lowest BCUT2D eigenvalue weighted by molar-refractivity contribution is 0.102. The number of rotatable bonds is 2. The molecule has 0 aromatic carbocycles. The Morgan fingerprint density at radius 1 is 1.29 bits per heavy atom. The molecule has 7 heteroatoms. The van der Waals surface area contributed by atoms with Crippen molar-refractivity contribution in [2.75, 3.05) is 5.32 Å². The van der Waals surface area contributed by atoms with Gasteiger partial charge in [-0.05, 0) is 6.07 Å². The van der Waals surface area contributed by atoms with E-state index < -0.39 is 11.7 Å². The van der Waals surface area contributed by atoms with Gasteiger partial charge in [-0.3, -0.25) is 9.78 Å². The summed E-state index contributed by atoms with van der Waals surface area (Å²) in [7, 11) is 0. The topological polar surface area (TPSA) is 67.8 Å². The van der Waals surface area contributed by atoms with Crippen LogP contribution in [0.3, 0.4) is 0 Å². The maximum Gasteiger partial charge on any atom is 0.258 e. The van der Waals surface area contributed by atoms with Crippen LogP contribution in [-0.4, -0.2) is 20.9 Å². The molecule has 0 radical (unpaired) electrons. The lowest BCUT2D eigenvalue weighted by atomic mass is 10.2. The highest BCUT2D eigenvalue weighted by atomic mass is 35.5. The Labute approximate surface area is 101 Å². The smallest absolute Gasteiger partial charge is 0.258 e. The summed E-state index contributed by atoms with van der Waals surface area (Å²) in [6.07, 6.45) is 5.02. The summed E-state index contributed by atoms with van der Waals surface area (Å²) in [5.41, 5.74) is 0.0757. The number of halogens is 2. The first-order valence-corrected chi connectivity index (χ1v) is 4.93. The number of hydrogen-bond donors (Lipinski definition) is 1. The van der Waals surface area contributed by atoms with Crippen LogP contribution in [0.2, 0.25) is 5.15 Å². The molecule has 2 heterocycles. The van der Waals surface area contributed by atoms with E-state index in [0.717, 1.165) is 12.3 Å². The Morgan fingerprint density at radius 3 is 2.76 bits per heavy atom. The fourth-order valence-corrected chi connectivity index (χ4v) is 1.27. The van der Waals surface area contributed by atoms with Crippen molar-refractivity contribution in [2.24, 2.45) is 0 Å². The van der Waals surface area contributed by atoms with Gasteiger partial charge in [-0.25, -0.2) is 14.4 Å². The van der Waals surface area contributed by atoms with Gasteiger partial charge in [0.05, 0.1) is 11.8 Å². The van der Waals surface area contributed by atoms with Crippen LogP contribution in [-0.2, 0) is 0 Å². The third kappa shape index (κ3) is 2.73. The molecule has 1 N–H and O–H groups in total. The number of nitrogens with zero attached hydrogens (tertiary/aromatic N) is 3. The number of hydrogen-bond acceptors (Lipinski definition) is 4. The van der Waals surface area contributed by atoms with E-state index in [-0.39, 0.29) is 16.5 Å². The lowest BCUT2D eigenvalue weighted by Crippen LogP contribution is -2.14. The molecule has 0 unspecified atom stereocenters. The van der Waals surface area contributed by atoms with E-state index in [9.17, 15) is 9.18 Å². The van der Waals surface area contributed by atoms with Crippen molar-refractivity contribution in [3.8, 4) is 0 Å². The maximum atomic E-state index is 12.8. The molecule has 0 saturated carbocycles. The molecule has 0 fully saturated rings. The third-order valence-electron chi connectivity index (χ3n) is 1.85. The van der Waals surface area contributed by atoms with Gasteiger partial charge in [0.1, 0.15) is 5.82 Å². The van der Waals surface area contributed by atoms with Crippen molar-refractivity contribution in [2.45, 2.75) is 0 Å². The van der Waals surface area contributed by atoms with E-state index in [1.54, 1.807) is 0 Å². The van der Waals surface area contributed by atoms with Gasteiger partial charge >= 0.3 is 0 Å². The normalized spacial score (nSPS) is 10.0. The van der Waals surface area contributed by atoms with E-state index in [4.69, 9.17) is 11.6 Å². The van der Waals surface area contributed by atoms with Crippen LogP contribution >= 0.6 is 11.6 Å². The van der Waals surface area contributed by atoms with Gasteiger partial charge in [0, 0.05) is 18.6 Å². The van der Waals surface area contributed by atoms with Gasteiger partial charge in [-0.1, -0.05) is 11.6 Å². The van der Waals surface area contributed by atoms with Crippen LogP contribution in [0.25, 0.3) is 0 Å². The zero-order chi connectivity index (χ0) is 12.3. The van der Waals surface area contributed by atoms with E-state index >= 15 is 0 Å². The molecule has 2 aromatic rings. The fraction of sp³-hybridized carbons (Fsp3) is 0. The summed E-state index contributed by atoms with van der Waals surface area (Å²) in [6, 6.07) is 1.06. The van der Waals surface area contributed by atoms with E-state index in [1.807, 2.05) is 0 Å². The first-order valence-electron chi connectivity index (χ1n) is 4.55. The average molecular weight is 253 g/mol. The van der Waals surface area contributed by atoms with Crippen molar-refractivity contribution >= 4 is 23.3 Å². The number of amides is 1. The second kappa shape index (κ2) is 4.84. The van der Waals surface area contributed by atoms with Crippen molar-refractivity contribution in [1.29, 1.82) is 0 Å². The Balaban J connectivity index is 2.20. The lowest BCUT2D eigenvalue weighted by Gasteiger charge is -2.04. The quantitative estimate of drug-likeness (QED) is 0.887. The fourth-order valence-electron chi connectivity index (χ4n) is 1.12. The zero-order valence-corrected chi connectivity index (χ0v) is 9.15. The van der Waals surface area contributed by atoms with Gasteiger partial charge in [0.25, 0.3) is 5.91 Å². The number of carbonyl (C=O) groups excluding carboxylic acids is 1. The Bertz CT molecular complexity index is 564. The number of pyridine rings is 1. The molecule has 0 aliphatic carbocycles. The van der Waals surface area contributed by atoms with Crippen LogP contribution in [0, 0.1) is 5.82 Å². The largest absolute Gasteiger partial charge is 0.304 e. The van der Waals surface area contributed by atoms with Gasteiger partial charge in [-0.2, -0.15) is 0 Å². The zero-order valence-electron chi connectivity index (χ0n) is 8.39. The Hall–Kier alpha value is -2.08. The van der Waals surface area contributed by atoms with Crippen LogP contribution in [0.5, 0.6) is 0 Å². The average Bonchev–Trinajstić information content (AvgIpc) is 2.32. The highest BCUT2D eigenvalue weighted by molar-refractivity contribution is 6.32. The molecule has 1 amide bonds. The van der Waals surface area contributed by atoms with Gasteiger partial charge in [0.2, 0.25) is 0 Å². The molecule has 0 saturated heterocycles. The molecule has 2 rings (SSSR count). The van der Waals surface area contributed by atoms with Gasteiger partial charge in [0.15, 0.2) is 11.0 Å². The second-order valence-corrected chi connectivity index (χ2v) is 3.40. The SMILES string of the molecule is O=C(Nc1nccnc1Cl)c1cncc(F)c1. The van der Waals surface area contributed by atoms with Crippen molar-refractivity contribution in [3.63, 3.8) is 0 Å². The number of aromatic nitrogens is 3. The summed E-state index contributed by atoms with van der Waals surface area (Å²) in [5.74, 6) is -1.04. The monoisotopic (exact) mass is 252 g/mol. The van der Waals surface area contributed by atoms with E-state index in [0.29, 0.717) is 0 Å². The minimum Gasteiger partial charge on any atom is -0.304 e.